The molecule has 24 heavy (non-hydrogen) atoms. The summed E-state index contributed by atoms with van der Waals surface area (Å²) < 4.78 is 25.2. The van der Waals surface area contributed by atoms with Gasteiger partial charge in [-0.15, -0.1) is 0 Å². The van der Waals surface area contributed by atoms with Gasteiger partial charge >= 0.3 is 0 Å². The van der Waals surface area contributed by atoms with Crippen molar-refractivity contribution in [1.29, 1.82) is 0 Å². The lowest BCUT2D eigenvalue weighted by Gasteiger charge is -2.10. The van der Waals surface area contributed by atoms with Gasteiger partial charge in [0.05, 0.1) is 35.1 Å². The second kappa shape index (κ2) is 6.39. The van der Waals surface area contributed by atoms with Crippen molar-refractivity contribution in [1.82, 2.24) is 9.78 Å². The molecule has 1 aromatic carbocycles. The molecule has 0 amide bonds. The highest BCUT2D eigenvalue weighted by atomic mass is 32.2. The Bertz CT molecular complexity index is 867. The molecule has 1 aliphatic heterocycles. The summed E-state index contributed by atoms with van der Waals surface area (Å²) in [6.45, 7) is 5.91. The van der Waals surface area contributed by atoms with E-state index in [1.807, 2.05) is 49.7 Å². The zero-order valence-electron chi connectivity index (χ0n) is 14.2. The summed E-state index contributed by atoms with van der Waals surface area (Å²) in [5.74, 6) is 0.418. The molecule has 3 rings (SSSR count). The lowest BCUT2D eigenvalue weighted by Crippen LogP contribution is -2.14. The fourth-order valence-corrected chi connectivity index (χ4v) is 4.68. The van der Waals surface area contributed by atoms with E-state index in [9.17, 15) is 8.42 Å². The standard InChI is InChI=1S/C17H22N4O2S/c1-12-4-6-15(7-5-12)19-18-10-17-13(2)20-21(14(17)3)16-8-9-24(22,23)11-16/h4-7,10,16,19H,8-9,11H2,1-3H3/b18-10-/t16-/m1/s1. The first kappa shape index (κ1) is 16.7. The summed E-state index contributed by atoms with van der Waals surface area (Å²) >= 11 is 0. The summed E-state index contributed by atoms with van der Waals surface area (Å²) in [5, 5.41) is 8.81. The van der Waals surface area contributed by atoms with Crippen LogP contribution in [0.3, 0.4) is 0 Å². The third kappa shape index (κ3) is 3.51. The van der Waals surface area contributed by atoms with Crippen molar-refractivity contribution in [2.24, 2.45) is 5.10 Å². The highest BCUT2D eigenvalue weighted by Gasteiger charge is 2.31. The van der Waals surface area contributed by atoms with Gasteiger partial charge in [0.15, 0.2) is 9.84 Å². The van der Waals surface area contributed by atoms with E-state index < -0.39 is 9.84 Å². The van der Waals surface area contributed by atoms with Crippen LogP contribution in [0, 0.1) is 20.8 Å². The van der Waals surface area contributed by atoms with Crippen molar-refractivity contribution in [2.45, 2.75) is 33.2 Å². The molecule has 1 N–H and O–H groups in total. The number of sulfone groups is 1. The summed E-state index contributed by atoms with van der Waals surface area (Å²) in [6, 6.07) is 7.92. The van der Waals surface area contributed by atoms with E-state index >= 15 is 0 Å². The number of aryl methyl sites for hydroxylation is 2. The summed E-state index contributed by atoms with van der Waals surface area (Å²) in [5.41, 5.74) is 7.85. The van der Waals surface area contributed by atoms with Crippen LogP contribution in [0.15, 0.2) is 29.4 Å². The molecule has 0 spiro atoms. The molecule has 0 radical (unpaired) electrons. The second-order valence-electron chi connectivity index (χ2n) is 6.32. The molecule has 1 aliphatic rings. The third-order valence-electron chi connectivity index (χ3n) is 4.37. The number of nitrogens with one attached hydrogen (secondary N) is 1. The summed E-state index contributed by atoms with van der Waals surface area (Å²) in [4.78, 5) is 0. The largest absolute Gasteiger partial charge is 0.279 e. The quantitative estimate of drug-likeness (QED) is 0.682. The van der Waals surface area contributed by atoms with E-state index in [1.54, 1.807) is 6.21 Å². The van der Waals surface area contributed by atoms with Gasteiger partial charge in [-0.25, -0.2) is 8.42 Å². The Morgan fingerprint density at radius 1 is 1.25 bits per heavy atom. The normalized spacial score (nSPS) is 19.9. The van der Waals surface area contributed by atoms with Crippen LogP contribution >= 0.6 is 0 Å². The van der Waals surface area contributed by atoms with E-state index in [0.717, 1.165) is 22.6 Å². The number of hydrogen-bond acceptors (Lipinski definition) is 5. The van der Waals surface area contributed by atoms with Crippen LogP contribution in [0.2, 0.25) is 0 Å². The first-order chi connectivity index (χ1) is 11.4. The van der Waals surface area contributed by atoms with Gasteiger partial charge in [-0.1, -0.05) is 17.7 Å². The fourth-order valence-electron chi connectivity index (χ4n) is 2.99. The van der Waals surface area contributed by atoms with E-state index in [4.69, 9.17) is 0 Å². The number of benzene rings is 1. The van der Waals surface area contributed by atoms with E-state index in [1.165, 1.54) is 5.56 Å². The Balaban J connectivity index is 1.77. The Kier molecular flexibility index (Phi) is 4.45. The first-order valence-electron chi connectivity index (χ1n) is 7.97. The molecule has 2 aromatic rings. The minimum Gasteiger partial charge on any atom is -0.279 e. The van der Waals surface area contributed by atoms with E-state index in [2.05, 4.69) is 15.6 Å². The number of hydrazone groups is 1. The minimum atomic E-state index is -2.93. The topological polar surface area (TPSA) is 76.3 Å². The molecule has 1 aromatic heterocycles. The maximum absolute atomic E-state index is 11.7. The predicted molar refractivity (Wildman–Crippen MR) is 96.4 cm³/mol. The van der Waals surface area contributed by atoms with Crippen LogP contribution in [-0.2, 0) is 9.84 Å². The molecule has 0 saturated carbocycles. The monoisotopic (exact) mass is 346 g/mol. The third-order valence-corrected chi connectivity index (χ3v) is 6.12. The molecule has 1 fully saturated rings. The van der Waals surface area contributed by atoms with Crippen molar-refractivity contribution in [3.05, 3.63) is 46.8 Å². The summed E-state index contributed by atoms with van der Waals surface area (Å²) in [6.07, 6.45) is 2.37. The smallest absolute Gasteiger partial charge is 0.152 e. The molecule has 128 valence electrons. The minimum absolute atomic E-state index is 0.0686. The van der Waals surface area contributed by atoms with Crippen molar-refractivity contribution < 1.29 is 8.42 Å². The van der Waals surface area contributed by atoms with Gasteiger partial charge in [0.25, 0.3) is 0 Å². The van der Waals surface area contributed by atoms with Gasteiger partial charge in [-0.3, -0.25) is 10.1 Å². The Morgan fingerprint density at radius 3 is 2.58 bits per heavy atom. The zero-order chi connectivity index (χ0) is 17.3. The molecular weight excluding hydrogens is 324 g/mol. The number of aromatic nitrogens is 2. The molecule has 2 heterocycles. The van der Waals surface area contributed by atoms with Crippen LogP contribution in [0.4, 0.5) is 5.69 Å². The number of anilines is 1. The highest BCUT2D eigenvalue weighted by molar-refractivity contribution is 7.91. The van der Waals surface area contributed by atoms with Gasteiger partial charge in [0, 0.05) is 11.3 Å². The van der Waals surface area contributed by atoms with Crippen LogP contribution in [0.25, 0.3) is 0 Å². The number of hydrogen-bond donors (Lipinski definition) is 1. The van der Waals surface area contributed by atoms with Crippen LogP contribution in [0.5, 0.6) is 0 Å². The molecule has 0 unspecified atom stereocenters. The Labute approximate surface area is 142 Å². The average molecular weight is 346 g/mol. The molecule has 1 atom stereocenters. The number of nitrogens with zero attached hydrogens (tertiary/aromatic N) is 3. The van der Waals surface area contributed by atoms with Crippen molar-refractivity contribution in [2.75, 3.05) is 16.9 Å². The van der Waals surface area contributed by atoms with Gasteiger partial charge in [-0.05, 0) is 39.3 Å². The average Bonchev–Trinajstić information content (AvgIpc) is 3.02. The second-order valence-corrected chi connectivity index (χ2v) is 8.55. The van der Waals surface area contributed by atoms with Crippen LogP contribution in [0.1, 0.15) is 35.0 Å². The maximum atomic E-state index is 11.7. The Hall–Kier alpha value is -2.15. The predicted octanol–water partition coefficient (Wildman–Crippen LogP) is 2.61. The highest BCUT2D eigenvalue weighted by Crippen LogP contribution is 2.26. The van der Waals surface area contributed by atoms with E-state index in [0.29, 0.717) is 6.42 Å². The molecule has 0 bridgehead atoms. The Morgan fingerprint density at radius 2 is 1.96 bits per heavy atom. The van der Waals surface area contributed by atoms with E-state index in [-0.39, 0.29) is 17.5 Å². The molecule has 7 heteroatoms. The molecule has 0 aliphatic carbocycles. The van der Waals surface area contributed by atoms with Gasteiger partial charge in [0.1, 0.15) is 0 Å². The van der Waals surface area contributed by atoms with Crippen molar-refractivity contribution in [3.8, 4) is 0 Å². The van der Waals surface area contributed by atoms with Crippen LogP contribution < -0.4 is 5.43 Å². The fraction of sp³-hybridized carbons (Fsp3) is 0.412. The van der Waals surface area contributed by atoms with Crippen molar-refractivity contribution >= 4 is 21.7 Å². The summed E-state index contributed by atoms with van der Waals surface area (Å²) in [7, 11) is -2.93. The van der Waals surface area contributed by atoms with Crippen molar-refractivity contribution in [3.63, 3.8) is 0 Å². The lowest BCUT2D eigenvalue weighted by molar-refractivity contribution is 0.486. The van der Waals surface area contributed by atoms with Crippen LogP contribution in [-0.4, -0.2) is 35.9 Å². The van der Waals surface area contributed by atoms with Gasteiger partial charge < -0.3 is 0 Å². The van der Waals surface area contributed by atoms with Gasteiger partial charge in [0.2, 0.25) is 0 Å². The first-order valence-corrected chi connectivity index (χ1v) is 9.80. The molecular formula is C17H22N4O2S. The SMILES string of the molecule is Cc1ccc(N/N=C\c2c(C)nn([C@@H]3CCS(=O)(=O)C3)c2C)cc1. The molecule has 1 saturated heterocycles. The van der Waals surface area contributed by atoms with Gasteiger partial charge in [-0.2, -0.15) is 10.2 Å². The zero-order valence-corrected chi connectivity index (χ0v) is 15.0. The maximum Gasteiger partial charge on any atom is 0.152 e. The molecule has 6 nitrogen and oxygen atoms in total. The number of rotatable bonds is 4. The lowest BCUT2D eigenvalue weighted by atomic mass is 10.2.